The van der Waals surface area contributed by atoms with E-state index in [0.29, 0.717) is 0 Å². The molecule has 0 aliphatic heterocycles. The summed E-state index contributed by atoms with van der Waals surface area (Å²) < 4.78 is 2.47. The van der Waals surface area contributed by atoms with Crippen molar-refractivity contribution in [2.75, 3.05) is 0 Å². The van der Waals surface area contributed by atoms with Crippen LogP contribution in [-0.2, 0) is 19.9 Å². The molecular weight excluding hydrogens is 314 g/mol. The predicted molar refractivity (Wildman–Crippen MR) is 115 cm³/mol. The van der Waals surface area contributed by atoms with Gasteiger partial charge in [-0.05, 0) is 31.4 Å². The van der Waals surface area contributed by atoms with Crippen molar-refractivity contribution < 1.29 is 4.57 Å². The van der Waals surface area contributed by atoms with E-state index >= 15 is 0 Å². The largest absolute Gasteiger partial charge is 0.212 e. The van der Waals surface area contributed by atoms with E-state index in [1.807, 2.05) is 0 Å². The van der Waals surface area contributed by atoms with Crippen LogP contribution in [0, 0.1) is 0 Å². The molecule has 0 atom stereocenters. The van der Waals surface area contributed by atoms with E-state index < -0.39 is 0 Å². The lowest BCUT2D eigenvalue weighted by atomic mass is 9.98. The van der Waals surface area contributed by atoms with E-state index in [-0.39, 0.29) is 0 Å². The molecule has 0 aliphatic carbocycles. The van der Waals surface area contributed by atoms with Crippen molar-refractivity contribution >= 4 is 10.9 Å². The Hall–Kier alpha value is -1.37. The number of rotatable bonds is 13. The maximum Gasteiger partial charge on any atom is 0.212 e. The van der Waals surface area contributed by atoms with Gasteiger partial charge in [0.15, 0.2) is 5.69 Å². The number of benzene rings is 1. The Balaban J connectivity index is 2.05. The fourth-order valence-corrected chi connectivity index (χ4v) is 4.08. The van der Waals surface area contributed by atoms with Crippen LogP contribution in [0.4, 0.5) is 0 Å². The number of fused-ring (bicyclic) bond motifs is 1. The Bertz CT molecular complexity index is 644. The first-order chi connectivity index (χ1) is 12.8. The summed E-state index contributed by atoms with van der Waals surface area (Å²) in [4.78, 5) is 0. The summed E-state index contributed by atoms with van der Waals surface area (Å²) in [5.74, 6) is 0. The van der Waals surface area contributed by atoms with Gasteiger partial charge in [-0.2, -0.15) is 4.57 Å². The van der Waals surface area contributed by atoms with Crippen molar-refractivity contribution in [2.45, 2.75) is 97.3 Å². The highest BCUT2D eigenvalue weighted by atomic mass is 14.9. The van der Waals surface area contributed by atoms with Crippen LogP contribution in [-0.4, -0.2) is 0 Å². The summed E-state index contributed by atoms with van der Waals surface area (Å²) in [6, 6.07) is 11.3. The van der Waals surface area contributed by atoms with Gasteiger partial charge >= 0.3 is 0 Å². The lowest BCUT2D eigenvalue weighted by molar-refractivity contribution is -0.653. The molecule has 1 aromatic heterocycles. The molecule has 0 unspecified atom stereocenters. The number of hydrogen-bond acceptors (Lipinski definition) is 0. The van der Waals surface area contributed by atoms with Crippen LogP contribution < -0.4 is 4.57 Å². The Morgan fingerprint density at radius 1 is 0.692 bits per heavy atom. The second-order valence-electron chi connectivity index (χ2n) is 7.92. The lowest BCUT2D eigenvalue weighted by Crippen LogP contribution is -2.36. The molecule has 2 aromatic rings. The van der Waals surface area contributed by atoms with Crippen LogP contribution in [0.15, 0.2) is 30.3 Å². The quantitative estimate of drug-likeness (QED) is 0.267. The van der Waals surface area contributed by atoms with Crippen molar-refractivity contribution in [1.82, 2.24) is 0 Å². The summed E-state index contributed by atoms with van der Waals surface area (Å²) in [7, 11) is 2.27. The zero-order valence-electron chi connectivity index (χ0n) is 17.5. The van der Waals surface area contributed by atoms with Gasteiger partial charge in [-0.1, -0.05) is 83.8 Å². The topological polar surface area (TPSA) is 3.88 Å². The van der Waals surface area contributed by atoms with Crippen LogP contribution in [0.25, 0.3) is 10.9 Å². The normalized spacial score (nSPS) is 11.3. The highest BCUT2D eigenvalue weighted by Crippen LogP contribution is 2.20. The van der Waals surface area contributed by atoms with Crippen molar-refractivity contribution in [3.05, 3.63) is 41.6 Å². The van der Waals surface area contributed by atoms with Crippen LogP contribution in [0.3, 0.4) is 0 Å². The van der Waals surface area contributed by atoms with E-state index in [2.05, 4.69) is 55.8 Å². The predicted octanol–water partition coefficient (Wildman–Crippen LogP) is 7.08. The highest BCUT2D eigenvalue weighted by Gasteiger charge is 2.17. The molecule has 0 saturated heterocycles. The molecule has 0 saturated carbocycles. The zero-order chi connectivity index (χ0) is 18.6. The standard InChI is InChI=1S/C25H40N/c1-4-6-8-10-12-14-19-24-22(17-13-11-9-7-5-2)21-23-18-15-16-20-25(23)26(24)3/h15-16,18,20-21H,4-14,17,19H2,1-3H3/q+1. The molecular formula is C25H40N+. The van der Waals surface area contributed by atoms with Gasteiger partial charge in [0.1, 0.15) is 7.05 Å². The maximum atomic E-state index is 2.47. The molecule has 0 N–H and O–H groups in total. The van der Waals surface area contributed by atoms with E-state index in [4.69, 9.17) is 0 Å². The molecule has 1 heterocycles. The van der Waals surface area contributed by atoms with Gasteiger partial charge in [-0.3, -0.25) is 0 Å². The number of aromatic nitrogens is 1. The third kappa shape index (κ3) is 6.41. The van der Waals surface area contributed by atoms with Crippen molar-refractivity contribution in [2.24, 2.45) is 7.05 Å². The van der Waals surface area contributed by atoms with Crippen molar-refractivity contribution in [3.8, 4) is 0 Å². The Kier molecular flexibility index (Phi) is 9.74. The first-order valence-electron chi connectivity index (χ1n) is 11.2. The van der Waals surface area contributed by atoms with Crippen LogP contribution in [0.5, 0.6) is 0 Å². The van der Waals surface area contributed by atoms with E-state index in [1.54, 1.807) is 11.3 Å². The molecule has 0 aliphatic rings. The molecule has 1 heteroatoms. The number of hydrogen-bond donors (Lipinski definition) is 0. The van der Waals surface area contributed by atoms with Gasteiger partial charge in [0, 0.05) is 23.4 Å². The second-order valence-corrected chi connectivity index (χ2v) is 7.92. The van der Waals surface area contributed by atoms with Gasteiger partial charge < -0.3 is 0 Å². The van der Waals surface area contributed by atoms with Gasteiger partial charge in [-0.25, -0.2) is 0 Å². The molecule has 0 spiro atoms. The first-order valence-corrected chi connectivity index (χ1v) is 11.2. The number of nitrogens with zero attached hydrogens (tertiary/aromatic N) is 1. The molecule has 0 fully saturated rings. The van der Waals surface area contributed by atoms with Gasteiger partial charge in [0.2, 0.25) is 5.52 Å². The Morgan fingerprint density at radius 3 is 1.96 bits per heavy atom. The third-order valence-corrected chi connectivity index (χ3v) is 5.72. The third-order valence-electron chi connectivity index (χ3n) is 5.72. The number of aryl methyl sites for hydroxylation is 2. The Morgan fingerprint density at radius 2 is 1.27 bits per heavy atom. The second kappa shape index (κ2) is 12.1. The minimum atomic E-state index is 1.23. The summed E-state index contributed by atoms with van der Waals surface area (Å²) in [6.07, 6.45) is 17.5. The summed E-state index contributed by atoms with van der Waals surface area (Å²) in [5.41, 5.74) is 4.55. The number of para-hydroxylation sites is 1. The summed E-state index contributed by atoms with van der Waals surface area (Å²) in [6.45, 7) is 4.59. The average Bonchev–Trinajstić information content (AvgIpc) is 2.66. The fourth-order valence-electron chi connectivity index (χ4n) is 4.08. The molecule has 1 nitrogen and oxygen atoms in total. The van der Waals surface area contributed by atoms with Crippen LogP contribution in [0.2, 0.25) is 0 Å². The maximum absolute atomic E-state index is 2.47. The van der Waals surface area contributed by atoms with E-state index in [1.165, 1.54) is 94.4 Å². The molecule has 2 rings (SSSR count). The fraction of sp³-hybridized carbons (Fsp3) is 0.640. The van der Waals surface area contributed by atoms with Crippen LogP contribution >= 0.6 is 0 Å². The minimum absolute atomic E-state index is 1.23. The molecule has 0 amide bonds. The molecule has 0 bridgehead atoms. The zero-order valence-corrected chi connectivity index (χ0v) is 17.5. The van der Waals surface area contributed by atoms with E-state index in [9.17, 15) is 0 Å². The Labute approximate surface area is 161 Å². The molecule has 0 radical (unpaired) electrons. The van der Waals surface area contributed by atoms with Gasteiger partial charge in [-0.15, -0.1) is 0 Å². The van der Waals surface area contributed by atoms with Crippen LogP contribution in [0.1, 0.15) is 95.7 Å². The SMILES string of the molecule is CCCCCCCCc1c(CCCCCCC)cc2ccccc2[n+]1C. The van der Waals surface area contributed by atoms with E-state index in [0.717, 1.165) is 0 Å². The smallest absolute Gasteiger partial charge is 0.198 e. The molecule has 1 aromatic carbocycles. The highest BCUT2D eigenvalue weighted by molar-refractivity contribution is 5.76. The minimum Gasteiger partial charge on any atom is -0.198 e. The average molecular weight is 355 g/mol. The molecule has 26 heavy (non-hydrogen) atoms. The van der Waals surface area contributed by atoms with Gasteiger partial charge in [0.05, 0.1) is 0 Å². The summed E-state index contributed by atoms with van der Waals surface area (Å²) >= 11 is 0. The monoisotopic (exact) mass is 354 g/mol. The molecule has 144 valence electrons. The number of pyridine rings is 1. The van der Waals surface area contributed by atoms with Gasteiger partial charge in [0.25, 0.3) is 0 Å². The summed E-state index contributed by atoms with van der Waals surface area (Å²) in [5, 5.41) is 1.39. The van der Waals surface area contributed by atoms with Crippen molar-refractivity contribution in [1.29, 1.82) is 0 Å². The lowest BCUT2D eigenvalue weighted by Gasteiger charge is -2.10. The number of unbranched alkanes of at least 4 members (excludes halogenated alkanes) is 9. The van der Waals surface area contributed by atoms with Crippen molar-refractivity contribution in [3.63, 3.8) is 0 Å². The first kappa shape index (κ1) is 20.9.